The fourth-order valence-electron chi connectivity index (χ4n) is 5.24. The first-order valence-corrected chi connectivity index (χ1v) is 12.2. The van der Waals surface area contributed by atoms with E-state index in [4.69, 9.17) is 4.74 Å². The fraction of sp³-hybridized carbons (Fsp3) is 0.957. The quantitative estimate of drug-likeness (QED) is 0.368. The third-order valence-corrected chi connectivity index (χ3v) is 7.27. The van der Waals surface area contributed by atoms with Crippen LogP contribution >= 0.6 is 0 Å². The van der Waals surface area contributed by atoms with Crippen LogP contribution < -0.4 is 10.6 Å². The van der Waals surface area contributed by atoms with Crippen LogP contribution in [0.4, 0.5) is 0 Å². The molecule has 3 rings (SSSR count). The second-order valence-electron chi connectivity index (χ2n) is 9.41. The largest absolute Gasteiger partial charge is 0.378 e. The number of guanidine groups is 1. The summed E-state index contributed by atoms with van der Waals surface area (Å²) in [5.41, 5.74) is 0.286. The van der Waals surface area contributed by atoms with Crippen LogP contribution in [0.15, 0.2) is 4.99 Å². The number of piperidine rings is 2. The molecular weight excluding hydrogens is 362 g/mol. The summed E-state index contributed by atoms with van der Waals surface area (Å²) in [4.78, 5) is 9.73. The lowest BCUT2D eigenvalue weighted by atomic mass is 9.84. The first kappa shape index (κ1) is 22.8. The van der Waals surface area contributed by atoms with Gasteiger partial charge in [0.25, 0.3) is 0 Å². The van der Waals surface area contributed by atoms with Crippen LogP contribution in [0.1, 0.15) is 70.6 Å². The standard InChI is InChI=1S/C23H45N5O/c1-24-22(25-14-9-19-29-21-10-5-3-6-11-21)26-20-23(12-17-27(2)18-13-23)28-15-7-4-8-16-28/h21H,3-20H2,1-2H3,(H2,24,25,26). The van der Waals surface area contributed by atoms with Crippen molar-refractivity contribution in [2.75, 3.05) is 60.0 Å². The predicted molar refractivity (Wildman–Crippen MR) is 122 cm³/mol. The van der Waals surface area contributed by atoms with E-state index >= 15 is 0 Å². The van der Waals surface area contributed by atoms with E-state index < -0.39 is 0 Å². The van der Waals surface area contributed by atoms with E-state index in [9.17, 15) is 0 Å². The van der Waals surface area contributed by atoms with Gasteiger partial charge in [0.05, 0.1) is 6.10 Å². The molecule has 0 bridgehead atoms. The molecule has 3 aliphatic rings. The number of likely N-dealkylation sites (tertiary alicyclic amines) is 2. The monoisotopic (exact) mass is 407 g/mol. The van der Waals surface area contributed by atoms with Crippen molar-refractivity contribution in [2.45, 2.75) is 82.3 Å². The number of nitrogens with zero attached hydrogens (tertiary/aromatic N) is 3. The van der Waals surface area contributed by atoms with Crippen molar-refractivity contribution >= 4 is 5.96 Å². The second-order valence-corrected chi connectivity index (χ2v) is 9.41. The Morgan fingerprint density at radius 2 is 1.66 bits per heavy atom. The lowest BCUT2D eigenvalue weighted by Crippen LogP contribution is -2.62. The maximum Gasteiger partial charge on any atom is 0.191 e. The molecule has 2 N–H and O–H groups in total. The molecule has 0 aromatic heterocycles. The molecule has 0 aromatic carbocycles. The highest BCUT2D eigenvalue weighted by Crippen LogP contribution is 2.30. The zero-order valence-electron chi connectivity index (χ0n) is 19.1. The van der Waals surface area contributed by atoms with Gasteiger partial charge in [-0.25, -0.2) is 0 Å². The highest BCUT2D eigenvalue weighted by Gasteiger charge is 2.39. The van der Waals surface area contributed by atoms with Gasteiger partial charge in [0.1, 0.15) is 0 Å². The summed E-state index contributed by atoms with van der Waals surface area (Å²) in [5, 5.41) is 7.18. The summed E-state index contributed by atoms with van der Waals surface area (Å²) in [5.74, 6) is 0.943. The summed E-state index contributed by atoms with van der Waals surface area (Å²) in [6.07, 6.45) is 14.7. The fourth-order valence-corrected chi connectivity index (χ4v) is 5.24. The molecule has 3 fully saturated rings. The molecule has 1 saturated carbocycles. The minimum absolute atomic E-state index is 0.286. The molecule has 0 unspecified atom stereocenters. The van der Waals surface area contributed by atoms with Gasteiger partial charge in [-0.05, 0) is 78.2 Å². The highest BCUT2D eigenvalue weighted by atomic mass is 16.5. The summed E-state index contributed by atoms with van der Waals surface area (Å²) in [6, 6.07) is 0. The van der Waals surface area contributed by atoms with Gasteiger partial charge < -0.3 is 20.3 Å². The van der Waals surface area contributed by atoms with Gasteiger partial charge in [0.2, 0.25) is 0 Å². The first-order valence-electron chi connectivity index (χ1n) is 12.2. The van der Waals surface area contributed by atoms with E-state index in [2.05, 4.69) is 32.5 Å². The first-order chi connectivity index (χ1) is 14.2. The predicted octanol–water partition coefficient (Wildman–Crippen LogP) is 2.84. The van der Waals surface area contributed by atoms with E-state index in [0.717, 1.165) is 32.1 Å². The molecule has 0 radical (unpaired) electrons. The Kier molecular flexibility index (Phi) is 9.53. The normalized spacial score (nSPS) is 25.1. The van der Waals surface area contributed by atoms with Crippen molar-refractivity contribution in [1.29, 1.82) is 0 Å². The molecule has 168 valence electrons. The Balaban J connectivity index is 1.40. The Morgan fingerprint density at radius 3 is 2.34 bits per heavy atom. The van der Waals surface area contributed by atoms with E-state index in [-0.39, 0.29) is 5.54 Å². The van der Waals surface area contributed by atoms with Crippen LogP contribution in [0.5, 0.6) is 0 Å². The molecule has 29 heavy (non-hydrogen) atoms. The van der Waals surface area contributed by atoms with Crippen LogP contribution in [-0.2, 0) is 4.74 Å². The van der Waals surface area contributed by atoms with Gasteiger partial charge in [-0.2, -0.15) is 0 Å². The third-order valence-electron chi connectivity index (χ3n) is 7.27. The van der Waals surface area contributed by atoms with Crippen molar-refractivity contribution in [3.63, 3.8) is 0 Å². The minimum atomic E-state index is 0.286. The van der Waals surface area contributed by atoms with Gasteiger partial charge in [0.15, 0.2) is 5.96 Å². The van der Waals surface area contributed by atoms with Crippen LogP contribution in [0.2, 0.25) is 0 Å². The number of hydrogen-bond donors (Lipinski definition) is 2. The molecule has 2 aliphatic heterocycles. The van der Waals surface area contributed by atoms with Crippen LogP contribution in [0.25, 0.3) is 0 Å². The van der Waals surface area contributed by atoms with Crippen molar-refractivity contribution in [3.8, 4) is 0 Å². The molecule has 2 saturated heterocycles. The van der Waals surface area contributed by atoms with E-state index in [0.29, 0.717) is 6.10 Å². The highest BCUT2D eigenvalue weighted by molar-refractivity contribution is 5.79. The Labute approximate surface area is 178 Å². The van der Waals surface area contributed by atoms with Gasteiger partial charge in [-0.3, -0.25) is 9.89 Å². The second kappa shape index (κ2) is 12.1. The van der Waals surface area contributed by atoms with Gasteiger partial charge in [-0.15, -0.1) is 0 Å². The van der Waals surface area contributed by atoms with E-state index in [1.54, 1.807) is 0 Å². The number of ether oxygens (including phenoxy) is 1. The molecular formula is C23H45N5O. The summed E-state index contributed by atoms with van der Waals surface area (Å²) < 4.78 is 6.05. The lowest BCUT2D eigenvalue weighted by molar-refractivity contribution is 0.0172. The number of hydrogen-bond acceptors (Lipinski definition) is 4. The average molecular weight is 408 g/mol. The summed E-state index contributed by atoms with van der Waals surface area (Å²) in [6.45, 7) is 7.70. The lowest BCUT2D eigenvalue weighted by Gasteiger charge is -2.50. The molecule has 2 heterocycles. The van der Waals surface area contributed by atoms with Gasteiger partial charge >= 0.3 is 0 Å². The molecule has 0 atom stereocenters. The maximum absolute atomic E-state index is 6.05. The smallest absolute Gasteiger partial charge is 0.191 e. The van der Waals surface area contributed by atoms with Crippen molar-refractivity contribution < 1.29 is 4.74 Å². The SMILES string of the molecule is CN=C(NCCCOC1CCCCC1)NCC1(N2CCCCC2)CCN(C)CC1. The van der Waals surface area contributed by atoms with Crippen molar-refractivity contribution in [3.05, 3.63) is 0 Å². The summed E-state index contributed by atoms with van der Waals surface area (Å²) >= 11 is 0. The van der Waals surface area contributed by atoms with Crippen LogP contribution in [-0.4, -0.2) is 87.4 Å². The van der Waals surface area contributed by atoms with Gasteiger partial charge in [0, 0.05) is 32.3 Å². The summed E-state index contributed by atoms with van der Waals surface area (Å²) in [7, 11) is 4.14. The van der Waals surface area contributed by atoms with Gasteiger partial charge in [-0.1, -0.05) is 25.7 Å². The molecule has 0 amide bonds. The number of nitrogens with one attached hydrogen (secondary N) is 2. The van der Waals surface area contributed by atoms with Crippen LogP contribution in [0, 0.1) is 0 Å². The zero-order valence-corrected chi connectivity index (χ0v) is 19.1. The Bertz CT molecular complexity index is 478. The molecule has 0 aromatic rings. The Hall–Kier alpha value is -0.850. The van der Waals surface area contributed by atoms with Crippen molar-refractivity contribution in [2.24, 2.45) is 4.99 Å². The topological polar surface area (TPSA) is 52.1 Å². The number of aliphatic imine (C=N–C) groups is 1. The minimum Gasteiger partial charge on any atom is -0.378 e. The third kappa shape index (κ3) is 7.11. The van der Waals surface area contributed by atoms with Crippen LogP contribution in [0.3, 0.4) is 0 Å². The average Bonchev–Trinajstić information content (AvgIpc) is 2.78. The molecule has 6 heteroatoms. The molecule has 1 aliphatic carbocycles. The number of rotatable bonds is 8. The zero-order chi connectivity index (χ0) is 20.4. The molecule has 6 nitrogen and oxygen atoms in total. The molecule has 0 spiro atoms. The maximum atomic E-state index is 6.05. The van der Waals surface area contributed by atoms with E-state index in [1.807, 2.05) is 7.05 Å². The van der Waals surface area contributed by atoms with Crippen molar-refractivity contribution in [1.82, 2.24) is 20.4 Å². The van der Waals surface area contributed by atoms with E-state index in [1.165, 1.54) is 90.4 Å². The Morgan fingerprint density at radius 1 is 0.966 bits per heavy atom.